The molecule has 0 aromatic heterocycles. The lowest BCUT2D eigenvalue weighted by atomic mass is 10.2. The molecule has 19 heavy (non-hydrogen) atoms. The molecule has 0 aliphatic rings. The standard InChI is InChI=1S/C14H10BrFO3/c1-8-2-3-11(7-13(8)16)19-12-5-9(14(17)18)4-10(15)6-12/h2-7H,1H3,(H,17,18). The normalized spacial score (nSPS) is 10.3. The Morgan fingerprint density at radius 2 is 1.95 bits per heavy atom. The Kier molecular flexibility index (Phi) is 3.85. The molecule has 3 nitrogen and oxygen atoms in total. The Morgan fingerprint density at radius 1 is 1.21 bits per heavy atom. The summed E-state index contributed by atoms with van der Waals surface area (Å²) in [7, 11) is 0. The van der Waals surface area contributed by atoms with E-state index in [1.807, 2.05) is 0 Å². The monoisotopic (exact) mass is 324 g/mol. The Hall–Kier alpha value is -1.88. The third-order valence-corrected chi connectivity index (χ3v) is 2.96. The maximum absolute atomic E-state index is 13.4. The Bertz CT molecular complexity index is 641. The molecule has 1 N–H and O–H groups in total. The lowest BCUT2D eigenvalue weighted by Gasteiger charge is -2.08. The van der Waals surface area contributed by atoms with Crippen LogP contribution in [0.1, 0.15) is 15.9 Å². The molecule has 0 heterocycles. The van der Waals surface area contributed by atoms with Crippen molar-refractivity contribution in [1.29, 1.82) is 0 Å². The second kappa shape index (κ2) is 5.40. The number of aromatic carboxylic acids is 1. The summed E-state index contributed by atoms with van der Waals surface area (Å²) in [4.78, 5) is 10.9. The maximum Gasteiger partial charge on any atom is 0.335 e. The van der Waals surface area contributed by atoms with Crippen molar-refractivity contribution in [3.63, 3.8) is 0 Å². The summed E-state index contributed by atoms with van der Waals surface area (Å²) in [5.74, 6) is -0.778. The highest BCUT2D eigenvalue weighted by Crippen LogP contribution is 2.27. The smallest absolute Gasteiger partial charge is 0.335 e. The Balaban J connectivity index is 2.32. The predicted molar refractivity (Wildman–Crippen MR) is 72.3 cm³/mol. The van der Waals surface area contributed by atoms with Gasteiger partial charge in [-0.05, 0) is 36.8 Å². The highest BCUT2D eigenvalue weighted by atomic mass is 79.9. The van der Waals surface area contributed by atoms with Gasteiger partial charge in [-0.3, -0.25) is 0 Å². The number of carboxylic acids is 1. The van der Waals surface area contributed by atoms with E-state index in [2.05, 4.69) is 15.9 Å². The minimum Gasteiger partial charge on any atom is -0.478 e. The van der Waals surface area contributed by atoms with Crippen molar-refractivity contribution in [3.05, 3.63) is 57.8 Å². The van der Waals surface area contributed by atoms with E-state index in [1.54, 1.807) is 25.1 Å². The van der Waals surface area contributed by atoms with Crippen LogP contribution in [0.25, 0.3) is 0 Å². The third kappa shape index (κ3) is 3.32. The van der Waals surface area contributed by atoms with Crippen molar-refractivity contribution in [2.45, 2.75) is 6.92 Å². The van der Waals surface area contributed by atoms with Crippen molar-refractivity contribution in [2.24, 2.45) is 0 Å². The number of halogens is 2. The number of ether oxygens (including phenoxy) is 1. The third-order valence-electron chi connectivity index (χ3n) is 2.50. The summed E-state index contributed by atoms with van der Waals surface area (Å²) in [6.45, 7) is 1.65. The molecule has 2 aromatic rings. The molecule has 0 aliphatic carbocycles. The molecule has 0 aliphatic heterocycles. The van der Waals surface area contributed by atoms with Crippen molar-refractivity contribution >= 4 is 21.9 Å². The number of rotatable bonds is 3. The van der Waals surface area contributed by atoms with E-state index < -0.39 is 5.97 Å². The molecule has 0 radical (unpaired) electrons. The molecular formula is C14H10BrFO3. The molecule has 0 saturated heterocycles. The minimum absolute atomic E-state index is 0.0944. The van der Waals surface area contributed by atoms with Crippen molar-refractivity contribution in [1.82, 2.24) is 0 Å². The lowest BCUT2D eigenvalue weighted by Crippen LogP contribution is -1.97. The molecule has 98 valence electrons. The minimum atomic E-state index is -1.05. The first kappa shape index (κ1) is 13.5. The SMILES string of the molecule is Cc1ccc(Oc2cc(Br)cc(C(=O)O)c2)cc1F. The first-order chi connectivity index (χ1) is 8.95. The van der Waals surface area contributed by atoms with Crippen LogP contribution in [0, 0.1) is 12.7 Å². The van der Waals surface area contributed by atoms with E-state index in [0.717, 1.165) is 0 Å². The first-order valence-corrected chi connectivity index (χ1v) is 6.23. The fourth-order valence-corrected chi connectivity index (χ4v) is 1.99. The summed E-state index contributed by atoms with van der Waals surface area (Å²) in [6.07, 6.45) is 0. The van der Waals surface area contributed by atoms with Crippen LogP contribution in [-0.2, 0) is 0 Å². The van der Waals surface area contributed by atoms with Gasteiger partial charge in [0.25, 0.3) is 0 Å². The van der Waals surface area contributed by atoms with E-state index in [1.165, 1.54) is 18.2 Å². The molecule has 2 aromatic carbocycles. The summed E-state index contributed by atoms with van der Waals surface area (Å²) in [6, 6.07) is 8.94. The average Bonchev–Trinajstić information content (AvgIpc) is 2.33. The van der Waals surface area contributed by atoms with Gasteiger partial charge in [0, 0.05) is 10.5 Å². The zero-order valence-corrected chi connectivity index (χ0v) is 11.6. The second-order valence-corrected chi connectivity index (χ2v) is 4.91. The molecule has 0 amide bonds. The van der Waals surface area contributed by atoms with Crippen LogP contribution in [0.4, 0.5) is 4.39 Å². The van der Waals surface area contributed by atoms with Gasteiger partial charge < -0.3 is 9.84 Å². The first-order valence-electron chi connectivity index (χ1n) is 5.43. The van der Waals surface area contributed by atoms with Crippen molar-refractivity contribution < 1.29 is 19.0 Å². The summed E-state index contributed by atoms with van der Waals surface area (Å²) in [5, 5.41) is 8.94. The van der Waals surface area contributed by atoms with Gasteiger partial charge in [0.05, 0.1) is 5.56 Å². The summed E-state index contributed by atoms with van der Waals surface area (Å²) in [5.41, 5.74) is 0.616. The lowest BCUT2D eigenvalue weighted by molar-refractivity contribution is 0.0696. The van der Waals surface area contributed by atoms with E-state index in [-0.39, 0.29) is 11.4 Å². The number of carboxylic acid groups (broad SMARTS) is 1. The summed E-state index contributed by atoms with van der Waals surface area (Å²) >= 11 is 3.20. The number of benzene rings is 2. The van der Waals surface area contributed by atoms with E-state index in [4.69, 9.17) is 9.84 Å². The van der Waals surface area contributed by atoms with Gasteiger partial charge in [-0.1, -0.05) is 22.0 Å². The van der Waals surface area contributed by atoms with Gasteiger partial charge in [-0.2, -0.15) is 0 Å². The van der Waals surface area contributed by atoms with Crippen LogP contribution >= 0.6 is 15.9 Å². The maximum atomic E-state index is 13.4. The number of aryl methyl sites for hydroxylation is 1. The van der Waals surface area contributed by atoms with Crippen LogP contribution in [0.15, 0.2) is 40.9 Å². The number of hydrogen-bond donors (Lipinski definition) is 1. The summed E-state index contributed by atoms with van der Waals surface area (Å²) < 4.78 is 19.4. The zero-order valence-electron chi connectivity index (χ0n) is 9.98. The fourth-order valence-electron chi connectivity index (χ4n) is 1.52. The van der Waals surface area contributed by atoms with Crippen LogP contribution in [0.2, 0.25) is 0 Å². The van der Waals surface area contributed by atoms with Crippen LogP contribution in [-0.4, -0.2) is 11.1 Å². The van der Waals surface area contributed by atoms with E-state index in [9.17, 15) is 9.18 Å². The van der Waals surface area contributed by atoms with Crippen LogP contribution < -0.4 is 4.74 Å². The predicted octanol–water partition coefficient (Wildman–Crippen LogP) is 4.39. The second-order valence-electron chi connectivity index (χ2n) is 3.99. The fraction of sp³-hybridized carbons (Fsp3) is 0.0714. The van der Waals surface area contributed by atoms with Crippen molar-refractivity contribution in [2.75, 3.05) is 0 Å². The van der Waals surface area contributed by atoms with E-state index >= 15 is 0 Å². The zero-order chi connectivity index (χ0) is 14.0. The molecule has 5 heteroatoms. The number of carbonyl (C=O) groups is 1. The highest BCUT2D eigenvalue weighted by molar-refractivity contribution is 9.10. The Morgan fingerprint density at radius 3 is 2.58 bits per heavy atom. The molecular weight excluding hydrogens is 315 g/mol. The number of hydrogen-bond acceptors (Lipinski definition) is 2. The van der Waals surface area contributed by atoms with Gasteiger partial charge in [0.1, 0.15) is 17.3 Å². The quantitative estimate of drug-likeness (QED) is 0.910. The van der Waals surface area contributed by atoms with Gasteiger partial charge in [0.2, 0.25) is 0 Å². The highest BCUT2D eigenvalue weighted by Gasteiger charge is 2.08. The van der Waals surface area contributed by atoms with Gasteiger partial charge in [-0.25, -0.2) is 9.18 Å². The molecule has 0 spiro atoms. The largest absolute Gasteiger partial charge is 0.478 e. The van der Waals surface area contributed by atoms with Crippen molar-refractivity contribution in [3.8, 4) is 11.5 Å². The van der Waals surface area contributed by atoms with Gasteiger partial charge in [-0.15, -0.1) is 0 Å². The average molecular weight is 325 g/mol. The van der Waals surface area contributed by atoms with Gasteiger partial charge in [0.15, 0.2) is 0 Å². The topological polar surface area (TPSA) is 46.5 Å². The Labute approximate surface area is 117 Å². The molecule has 0 atom stereocenters. The van der Waals surface area contributed by atoms with Crippen LogP contribution in [0.3, 0.4) is 0 Å². The van der Waals surface area contributed by atoms with E-state index in [0.29, 0.717) is 21.5 Å². The van der Waals surface area contributed by atoms with Crippen LogP contribution in [0.5, 0.6) is 11.5 Å². The molecule has 0 fully saturated rings. The van der Waals surface area contributed by atoms with Gasteiger partial charge >= 0.3 is 5.97 Å². The molecule has 0 saturated carbocycles. The molecule has 0 unspecified atom stereocenters. The molecule has 0 bridgehead atoms. The molecule has 2 rings (SSSR count).